The van der Waals surface area contributed by atoms with Gasteiger partial charge in [0.2, 0.25) is 17.0 Å². The van der Waals surface area contributed by atoms with Crippen molar-refractivity contribution in [1.29, 1.82) is 0 Å². The van der Waals surface area contributed by atoms with Crippen LogP contribution >= 0.6 is 34.9 Å². The fourth-order valence-corrected chi connectivity index (χ4v) is 5.73. The van der Waals surface area contributed by atoms with E-state index in [0.717, 1.165) is 45.3 Å². The minimum absolute atomic E-state index is 0.0721. The van der Waals surface area contributed by atoms with E-state index in [0.29, 0.717) is 10.8 Å². The van der Waals surface area contributed by atoms with Gasteiger partial charge in [0.1, 0.15) is 5.82 Å². The van der Waals surface area contributed by atoms with Crippen molar-refractivity contribution in [3.8, 4) is 0 Å². The standard InChI is InChI=1S/C24H26N6O2S3/c1-3-5-20-28-23(30-29-20)33-13-21(31)26-17-10-11-18-19(12-17)35-24(27-18)34-14-22(32)25-16-8-6-15(4-2)7-9-16/h6-12H,3-5,13-14H2,1-2H3,(H,25,32)(H,26,31)(H,28,29,30). The van der Waals surface area contributed by atoms with Gasteiger partial charge < -0.3 is 10.6 Å². The van der Waals surface area contributed by atoms with Crippen LogP contribution < -0.4 is 10.6 Å². The molecule has 0 unspecified atom stereocenters. The number of benzene rings is 2. The Hall–Kier alpha value is -2.89. The highest BCUT2D eigenvalue weighted by molar-refractivity contribution is 8.01. The quantitative estimate of drug-likeness (QED) is 0.225. The van der Waals surface area contributed by atoms with Crippen LogP contribution in [0.5, 0.6) is 0 Å². The number of H-pyrrole nitrogens is 1. The first-order valence-electron chi connectivity index (χ1n) is 11.3. The molecule has 2 heterocycles. The lowest BCUT2D eigenvalue weighted by molar-refractivity contribution is -0.114. The number of rotatable bonds is 11. The van der Waals surface area contributed by atoms with Gasteiger partial charge in [-0.2, -0.15) is 0 Å². The van der Waals surface area contributed by atoms with Crippen LogP contribution in [0.4, 0.5) is 11.4 Å². The highest BCUT2D eigenvalue weighted by Gasteiger charge is 2.11. The van der Waals surface area contributed by atoms with Gasteiger partial charge >= 0.3 is 0 Å². The molecule has 0 aliphatic carbocycles. The second-order valence-corrected chi connectivity index (χ2v) is 10.9. The Balaban J connectivity index is 1.27. The number of thioether (sulfide) groups is 2. The van der Waals surface area contributed by atoms with Crippen LogP contribution in [0.3, 0.4) is 0 Å². The molecule has 2 aromatic heterocycles. The number of aromatic amines is 1. The SMILES string of the molecule is CCCc1nc(SCC(=O)Nc2ccc3nc(SCC(=O)Nc4ccc(CC)cc4)sc3c2)n[nH]1. The van der Waals surface area contributed by atoms with Crippen molar-refractivity contribution < 1.29 is 9.59 Å². The molecule has 11 heteroatoms. The average molecular weight is 527 g/mol. The number of hydrogen-bond acceptors (Lipinski definition) is 8. The monoisotopic (exact) mass is 526 g/mol. The number of carbonyl (C=O) groups is 2. The molecule has 0 spiro atoms. The van der Waals surface area contributed by atoms with E-state index < -0.39 is 0 Å². The molecule has 0 bridgehead atoms. The molecule has 0 saturated heterocycles. The molecule has 35 heavy (non-hydrogen) atoms. The summed E-state index contributed by atoms with van der Waals surface area (Å²) < 4.78 is 1.76. The number of hydrogen-bond donors (Lipinski definition) is 3. The Morgan fingerprint density at radius 3 is 2.40 bits per heavy atom. The normalized spacial score (nSPS) is 11.0. The Kier molecular flexibility index (Phi) is 8.78. The van der Waals surface area contributed by atoms with Gasteiger partial charge in [0.25, 0.3) is 0 Å². The highest BCUT2D eigenvalue weighted by atomic mass is 32.2. The first-order valence-corrected chi connectivity index (χ1v) is 14.1. The smallest absolute Gasteiger partial charge is 0.234 e. The third-order valence-electron chi connectivity index (χ3n) is 4.96. The lowest BCUT2D eigenvalue weighted by Gasteiger charge is -2.05. The Morgan fingerprint density at radius 2 is 1.66 bits per heavy atom. The van der Waals surface area contributed by atoms with Crippen LogP contribution in [-0.2, 0) is 22.4 Å². The summed E-state index contributed by atoms with van der Waals surface area (Å²) in [6.07, 6.45) is 2.79. The topological polar surface area (TPSA) is 113 Å². The van der Waals surface area contributed by atoms with Crippen LogP contribution in [0.25, 0.3) is 10.2 Å². The second-order valence-electron chi connectivity index (χ2n) is 7.70. The molecule has 2 amide bonds. The van der Waals surface area contributed by atoms with Crippen LogP contribution in [0, 0.1) is 0 Å². The van der Waals surface area contributed by atoms with Gasteiger partial charge in [-0.3, -0.25) is 14.7 Å². The van der Waals surface area contributed by atoms with Gasteiger partial charge in [0, 0.05) is 17.8 Å². The fourth-order valence-electron chi connectivity index (χ4n) is 3.21. The first kappa shape index (κ1) is 25.2. The maximum atomic E-state index is 12.4. The van der Waals surface area contributed by atoms with Crippen molar-refractivity contribution in [1.82, 2.24) is 20.2 Å². The maximum absolute atomic E-state index is 12.4. The minimum Gasteiger partial charge on any atom is -0.325 e. The summed E-state index contributed by atoms with van der Waals surface area (Å²) in [4.78, 5) is 33.6. The van der Waals surface area contributed by atoms with E-state index in [9.17, 15) is 9.59 Å². The highest BCUT2D eigenvalue weighted by Crippen LogP contribution is 2.31. The Bertz CT molecular complexity index is 1300. The molecular weight excluding hydrogens is 501 g/mol. The molecule has 182 valence electrons. The Labute approximate surface area is 216 Å². The van der Waals surface area contributed by atoms with Crippen LogP contribution in [0.15, 0.2) is 52.0 Å². The number of fused-ring (bicyclic) bond motifs is 1. The zero-order valence-corrected chi connectivity index (χ0v) is 21.9. The van der Waals surface area contributed by atoms with Crippen molar-refractivity contribution in [3.63, 3.8) is 0 Å². The second kappa shape index (κ2) is 12.2. The van der Waals surface area contributed by atoms with Crippen LogP contribution in [0.1, 0.15) is 31.7 Å². The number of carbonyl (C=O) groups excluding carboxylic acids is 2. The van der Waals surface area contributed by atoms with E-state index in [1.165, 1.54) is 40.4 Å². The fraction of sp³-hybridized carbons (Fsp3) is 0.292. The van der Waals surface area contributed by atoms with Gasteiger partial charge in [0.05, 0.1) is 21.7 Å². The molecule has 0 radical (unpaired) electrons. The largest absolute Gasteiger partial charge is 0.325 e. The number of nitrogens with zero attached hydrogens (tertiary/aromatic N) is 3. The van der Waals surface area contributed by atoms with Gasteiger partial charge in [-0.1, -0.05) is 49.5 Å². The maximum Gasteiger partial charge on any atom is 0.234 e. The van der Waals surface area contributed by atoms with E-state index in [-0.39, 0.29) is 23.3 Å². The summed E-state index contributed by atoms with van der Waals surface area (Å²) in [6, 6.07) is 13.5. The van der Waals surface area contributed by atoms with Gasteiger partial charge in [0.15, 0.2) is 4.34 Å². The molecule has 2 aromatic carbocycles. The number of aryl methyl sites for hydroxylation is 2. The third kappa shape index (κ3) is 7.30. The summed E-state index contributed by atoms with van der Waals surface area (Å²) in [6.45, 7) is 4.18. The van der Waals surface area contributed by atoms with Crippen molar-refractivity contribution >= 4 is 68.3 Å². The van der Waals surface area contributed by atoms with Gasteiger partial charge in [-0.05, 0) is 48.7 Å². The molecular formula is C24H26N6O2S3. The predicted molar refractivity (Wildman–Crippen MR) is 145 cm³/mol. The van der Waals surface area contributed by atoms with Crippen LogP contribution in [0.2, 0.25) is 0 Å². The summed E-state index contributed by atoms with van der Waals surface area (Å²) in [5.74, 6) is 1.14. The number of amides is 2. The molecule has 0 aliphatic heterocycles. The van der Waals surface area contributed by atoms with Gasteiger partial charge in [-0.15, -0.1) is 16.4 Å². The minimum atomic E-state index is -0.126. The van der Waals surface area contributed by atoms with E-state index in [1.807, 2.05) is 42.5 Å². The van der Waals surface area contributed by atoms with Crippen LogP contribution in [-0.4, -0.2) is 43.5 Å². The lowest BCUT2D eigenvalue weighted by Crippen LogP contribution is -2.14. The van der Waals surface area contributed by atoms with E-state index in [2.05, 4.69) is 44.6 Å². The Morgan fingerprint density at radius 1 is 0.943 bits per heavy atom. The first-order chi connectivity index (χ1) is 17.0. The van der Waals surface area contributed by atoms with Crippen molar-refractivity contribution in [3.05, 3.63) is 53.9 Å². The molecule has 0 saturated carbocycles. The third-order valence-corrected chi connectivity index (χ3v) is 7.96. The lowest BCUT2D eigenvalue weighted by atomic mass is 10.1. The number of nitrogens with one attached hydrogen (secondary N) is 3. The molecule has 8 nitrogen and oxygen atoms in total. The summed E-state index contributed by atoms with van der Waals surface area (Å²) in [5.41, 5.74) is 3.57. The van der Waals surface area contributed by atoms with Gasteiger partial charge in [-0.25, -0.2) is 9.97 Å². The number of aromatic nitrogens is 4. The van der Waals surface area contributed by atoms with E-state index in [4.69, 9.17) is 0 Å². The van der Waals surface area contributed by atoms with E-state index >= 15 is 0 Å². The predicted octanol–water partition coefficient (Wildman–Crippen LogP) is 5.39. The molecule has 0 aliphatic rings. The van der Waals surface area contributed by atoms with Crippen molar-refractivity contribution in [2.45, 2.75) is 42.6 Å². The molecule has 0 atom stereocenters. The molecule has 4 aromatic rings. The summed E-state index contributed by atoms with van der Waals surface area (Å²) >= 11 is 4.20. The zero-order valence-electron chi connectivity index (χ0n) is 19.5. The van der Waals surface area contributed by atoms with E-state index in [1.54, 1.807) is 0 Å². The van der Waals surface area contributed by atoms with Crippen molar-refractivity contribution in [2.24, 2.45) is 0 Å². The molecule has 4 rings (SSSR count). The van der Waals surface area contributed by atoms with Crippen molar-refractivity contribution in [2.75, 3.05) is 22.1 Å². The number of thiazole rings is 1. The summed E-state index contributed by atoms with van der Waals surface area (Å²) in [7, 11) is 0. The average Bonchev–Trinajstić information content (AvgIpc) is 3.48. The summed E-state index contributed by atoms with van der Waals surface area (Å²) in [5, 5.41) is 13.4. The number of anilines is 2. The molecule has 3 N–H and O–H groups in total. The zero-order chi connectivity index (χ0) is 24.6. The molecule has 0 fully saturated rings.